The van der Waals surface area contributed by atoms with E-state index in [4.69, 9.17) is 0 Å². The molecule has 2 nitrogen and oxygen atoms in total. The minimum atomic E-state index is -0.120. The Morgan fingerprint density at radius 2 is 1.85 bits per heavy atom. The molecule has 1 aromatic carbocycles. The normalized spacial score (nSPS) is 26.5. The molecule has 0 bridgehead atoms. The van der Waals surface area contributed by atoms with Gasteiger partial charge in [0.1, 0.15) is 0 Å². The van der Waals surface area contributed by atoms with Crippen molar-refractivity contribution in [1.82, 2.24) is 5.32 Å². The van der Waals surface area contributed by atoms with Crippen molar-refractivity contribution in [2.75, 3.05) is 0 Å². The lowest BCUT2D eigenvalue weighted by Gasteiger charge is -2.39. The van der Waals surface area contributed by atoms with Crippen molar-refractivity contribution in [2.45, 2.75) is 25.8 Å². The predicted molar refractivity (Wildman–Crippen MR) is 51.3 cm³/mol. The first kappa shape index (κ1) is 8.30. The molecule has 1 heterocycles. The van der Waals surface area contributed by atoms with Gasteiger partial charge >= 0.3 is 0 Å². The molecule has 2 rings (SSSR count). The van der Waals surface area contributed by atoms with Gasteiger partial charge in [-0.2, -0.15) is 0 Å². The zero-order valence-electron chi connectivity index (χ0n) is 7.92. The third-order valence-electron chi connectivity index (χ3n) is 2.62. The molecule has 1 atom stereocenters. The summed E-state index contributed by atoms with van der Waals surface area (Å²) in [6, 6.07) is 8.31. The van der Waals surface area contributed by atoms with E-state index in [1.54, 1.807) is 0 Å². The number of amides is 1. The Kier molecular flexibility index (Phi) is 1.65. The van der Waals surface area contributed by atoms with Gasteiger partial charge in [0, 0.05) is 0 Å². The fraction of sp³-hybridized carbons (Fsp3) is 0.364. The maximum absolute atomic E-state index is 10.8. The molecular weight excluding hydrogens is 162 g/mol. The van der Waals surface area contributed by atoms with Crippen LogP contribution in [0.4, 0.5) is 0 Å². The molecule has 1 aliphatic rings. The van der Waals surface area contributed by atoms with E-state index in [0.29, 0.717) is 6.42 Å². The van der Waals surface area contributed by atoms with Gasteiger partial charge in [-0.15, -0.1) is 0 Å². The highest BCUT2D eigenvalue weighted by Gasteiger charge is 2.39. The second-order valence-electron chi connectivity index (χ2n) is 3.92. The van der Waals surface area contributed by atoms with E-state index in [1.807, 2.05) is 0 Å². The molecule has 1 fully saturated rings. The summed E-state index contributed by atoms with van der Waals surface area (Å²) in [5, 5.41) is 2.92. The Morgan fingerprint density at radius 1 is 1.31 bits per heavy atom. The molecule has 0 saturated carbocycles. The molecule has 1 saturated heterocycles. The highest BCUT2D eigenvalue weighted by atomic mass is 16.2. The smallest absolute Gasteiger partial charge is 0.223 e. The molecule has 1 amide bonds. The van der Waals surface area contributed by atoms with Crippen LogP contribution in [-0.2, 0) is 10.3 Å². The Morgan fingerprint density at radius 3 is 2.31 bits per heavy atom. The number of carbonyl (C=O) groups excluding carboxylic acids is 1. The van der Waals surface area contributed by atoms with Crippen LogP contribution in [-0.4, -0.2) is 5.91 Å². The maximum atomic E-state index is 10.8. The van der Waals surface area contributed by atoms with Crippen molar-refractivity contribution >= 4 is 5.91 Å². The summed E-state index contributed by atoms with van der Waals surface area (Å²) in [5.74, 6) is 0.142. The van der Waals surface area contributed by atoms with Gasteiger partial charge < -0.3 is 5.32 Å². The third-order valence-corrected chi connectivity index (χ3v) is 2.62. The Bertz CT molecular complexity index is 332. The number of β-lactam (4-membered cyclic amide) rings is 1. The molecule has 0 aromatic heterocycles. The fourth-order valence-electron chi connectivity index (χ4n) is 1.71. The molecule has 0 spiro atoms. The maximum Gasteiger partial charge on any atom is 0.223 e. The number of nitrogens with one attached hydrogen (secondary N) is 1. The lowest BCUT2D eigenvalue weighted by atomic mass is 9.82. The van der Waals surface area contributed by atoms with Gasteiger partial charge in [0.25, 0.3) is 0 Å². The van der Waals surface area contributed by atoms with Crippen molar-refractivity contribution in [2.24, 2.45) is 0 Å². The highest BCUT2D eigenvalue weighted by Crippen LogP contribution is 2.31. The largest absolute Gasteiger partial charge is 0.346 e. The first-order valence-electron chi connectivity index (χ1n) is 4.48. The van der Waals surface area contributed by atoms with Crippen LogP contribution in [0.2, 0.25) is 0 Å². The standard InChI is InChI=1S/C11H13NO/c1-8-3-5-9(6-4-8)11(2)7-10(13)12-11/h3-6H,7H2,1-2H3,(H,12,13). The number of aryl methyl sites for hydroxylation is 1. The second kappa shape index (κ2) is 2.59. The summed E-state index contributed by atoms with van der Waals surface area (Å²) in [6.07, 6.45) is 0.607. The third kappa shape index (κ3) is 1.32. The minimum Gasteiger partial charge on any atom is -0.346 e. The number of rotatable bonds is 1. The highest BCUT2D eigenvalue weighted by molar-refractivity contribution is 5.85. The van der Waals surface area contributed by atoms with Crippen LogP contribution in [0.5, 0.6) is 0 Å². The van der Waals surface area contributed by atoms with Gasteiger partial charge in [0.15, 0.2) is 0 Å². The molecule has 0 aliphatic carbocycles. The Balaban J connectivity index is 2.26. The fourth-order valence-corrected chi connectivity index (χ4v) is 1.71. The average molecular weight is 175 g/mol. The summed E-state index contributed by atoms with van der Waals surface area (Å²) >= 11 is 0. The molecule has 1 aromatic rings. The molecule has 1 unspecified atom stereocenters. The monoisotopic (exact) mass is 175 g/mol. The molecule has 13 heavy (non-hydrogen) atoms. The summed E-state index contributed by atoms with van der Waals surface area (Å²) in [7, 11) is 0. The van der Waals surface area contributed by atoms with Crippen LogP contribution in [0.15, 0.2) is 24.3 Å². The van der Waals surface area contributed by atoms with Gasteiger partial charge in [-0.05, 0) is 19.4 Å². The van der Waals surface area contributed by atoms with Gasteiger partial charge in [-0.1, -0.05) is 29.8 Å². The van der Waals surface area contributed by atoms with Gasteiger partial charge in [-0.25, -0.2) is 0 Å². The van der Waals surface area contributed by atoms with E-state index in [1.165, 1.54) is 11.1 Å². The predicted octanol–water partition coefficient (Wildman–Crippen LogP) is 1.73. The van der Waals surface area contributed by atoms with Gasteiger partial charge in [0.05, 0.1) is 12.0 Å². The van der Waals surface area contributed by atoms with Crippen molar-refractivity contribution in [3.63, 3.8) is 0 Å². The van der Waals surface area contributed by atoms with Gasteiger partial charge in [-0.3, -0.25) is 4.79 Å². The molecule has 1 aliphatic heterocycles. The Hall–Kier alpha value is -1.31. The van der Waals surface area contributed by atoms with Crippen LogP contribution in [0.1, 0.15) is 24.5 Å². The zero-order valence-corrected chi connectivity index (χ0v) is 7.92. The minimum absolute atomic E-state index is 0.120. The summed E-state index contributed by atoms with van der Waals surface area (Å²) in [6.45, 7) is 4.12. The van der Waals surface area contributed by atoms with Crippen LogP contribution < -0.4 is 5.32 Å². The summed E-state index contributed by atoms with van der Waals surface area (Å²) in [5.41, 5.74) is 2.32. The van der Waals surface area contributed by atoms with E-state index in [-0.39, 0.29) is 11.4 Å². The van der Waals surface area contributed by atoms with E-state index in [0.717, 1.165) is 0 Å². The van der Waals surface area contributed by atoms with Crippen LogP contribution in [0, 0.1) is 6.92 Å². The Labute approximate surface area is 78.0 Å². The van der Waals surface area contributed by atoms with E-state index >= 15 is 0 Å². The summed E-state index contributed by atoms with van der Waals surface area (Å²) < 4.78 is 0. The molecule has 1 N–H and O–H groups in total. The SMILES string of the molecule is Cc1ccc(C2(C)CC(=O)N2)cc1. The lowest BCUT2D eigenvalue weighted by Crippen LogP contribution is -2.56. The zero-order chi connectivity index (χ0) is 9.47. The van der Waals surface area contributed by atoms with Crippen molar-refractivity contribution in [3.8, 4) is 0 Å². The first-order chi connectivity index (χ1) is 6.10. The number of carbonyl (C=O) groups is 1. The van der Waals surface area contributed by atoms with Crippen molar-refractivity contribution < 1.29 is 4.79 Å². The van der Waals surface area contributed by atoms with E-state index in [9.17, 15) is 4.79 Å². The average Bonchev–Trinajstić information content (AvgIpc) is 2.03. The summed E-state index contributed by atoms with van der Waals surface area (Å²) in [4.78, 5) is 10.8. The van der Waals surface area contributed by atoms with Crippen molar-refractivity contribution in [1.29, 1.82) is 0 Å². The van der Waals surface area contributed by atoms with E-state index in [2.05, 4.69) is 43.4 Å². The molecular formula is C11H13NO. The number of hydrogen-bond donors (Lipinski definition) is 1. The molecule has 0 radical (unpaired) electrons. The van der Waals surface area contributed by atoms with Crippen molar-refractivity contribution in [3.05, 3.63) is 35.4 Å². The number of hydrogen-bond acceptors (Lipinski definition) is 1. The van der Waals surface area contributed by atoms with Crippen LogP contribution in [0.25, 0.3) is 0 Å². The van der Waals surface area contributed by atoms with E-state index < -0.39 is 0 Å². The molecule has 2 heteroatoms. The first-order valence-corrected chi connectivity index (χ1v) is 4.48. The van der Waals surface area contributed by atoms with Gasteiger partial charge in [0.2, 0.25) is 5.91 Å². The number of benzene rings is 1. The van der Waals surface area contributed by atoms with Crippen LogP contribution in [0.3, 0.4) is 0 Å². The molecule has 68 valence electrons. The van der Waals surface area contributed by atoms with Crippen LogP contribution >= 0.6 is 0 Å². The lowest BCUT2D eigenvalue weighted by molar-refractivity contribution is -0.132. The quantitative estimate of drug-likeness (QED) is 0.647. The topological polar surface area (TPSA) is 29.1 Å². The second-order valence-corrected chi connectivity index (χ2v) is 3.92.